The lowest BCUT2D eigenvalue weighted by molar-refractivity contribution is 0.0427. The maximum Gasteiger partial charge on any atom is 0.427 e. The van der Waals surface area contributed by atoms with Gasteiger partial charge in [-0.15, -0.1) is 10.00 Å². The summed E-state index contributed by atoms with van der Waals surface area (Å²) in [6.45, 7) is 10.0. The van der Waals surface area contributed by atoms with E-state index in [-0.39, 0.29) is 5.95 Å². The van der Waals surface area contributed by atoms with Crippen molar-refractivity contribution in [2.24, 2.45) is 0 Å². The number of hydrogen-bond acceptors (Lipinski definition) is 6. The molecule has 0 saturated carbocycles. The lowest BCUT2D eigenvalue weighted by Crippen LogP contribution is -2.44. The Morgan fingerprint density at radius 2 is 1.62 bits per heavy atom. The van der Waals surface area contributed by atoms with Gasteiger partial charge in [0.05, 0.1) is 4.47 Å². The third-order valence-corrected chi connectivity index (χ3v) is 4.55. The molecular weight excluding hydrogens is 483 g/mol. The molecule has 2 aromatic heterocycles. The van der Waals surface area contributed by atoms with Crippen LogP contribution in [0.3, 0.4) is 0 Å². The molecule has 1 aromatic carbocycles. The summed E-state index contributed by atoms with van der Waals surface area (Å²) in [5.74, 6) is -0.638. The molecular formula is C22H24BrFN4O4. The molecule has 3 rings (SSSR count). The van der Waals surface area contributed by atoms with Crippen molar-refractivity contribution in [3.05, 3.63) is 46.8 Å². The summed E-state index contributed by atoms with van der Waals surface area (Å²) < 4.78 is 26.9. The topological polar surface area (TPSA) is 86.0 Å². The average Bonchev–Trinajstić information content (AvgIpc) is 3.03. The molecule has 2 amide bonds. The van der Waals surface area contributed by atoms with Crippen LogP contribution in [0.4, 0.5) is 19.9 Å². The lowest BCUT2D eigenvalue weighted by Gasteiger charge is -2.26. The van der Waals surface area contributed by atoms with Crippen molar-refractivity contribution >= 4 is 39.7 Å². The van der Waals surface area contributed by atoms with Gasteiger partial charge in [-0.05, 0) is 81.2 Å². The number of nitrogens with zero attached hydrogens (tertiary/aromatic N) is 4. The number of rotatable bonds is 2. The number of amides is 2. The van der Waals surface area contributed by atoms with Crippen LogP contribution in [-0.4, -0.2) is 38.0 Å². The van der Waals surface area contributed by atoms with Crippen LogP contribution >= 0.6 is 15.9 Å². The lowest BCUT2D eigenvalue weighted by atomic mass is 10.1. The van der Waals surface area contributed by atoms with E-state index in [1.54, 1.807) is 78.1 Å². The molecule has 0 aliphatic rings. The van der Waals surface area contributed by atoms with Crippen molar-refractivity contribution in [3.8, 4) is 11.1 Å². The van der Waals surface area contributed by atoms with Gasteiger partial charge in [-0.2, -0.15) is 4.98 Å². The van der Waals surface area contributed by atoms with Crippen LogP contribution in [0.5, 0.6) is 0 Å². The highest BCUT2D eigenvalue weighted by Gasteiger charge is 2.35. The van der Waals surface area contributed by atoms with E-state index in [2.05, 4.69) is 26.0 Å². The number of halogens is 2. The Hall–Kier alpha value is -3.01. The van der Waals surface area contributed by atoms with Crippen LogP contribution in [0.2, 0.25) is 0 Å². The Morgan fingerprint density at radius 3 is 2.19 bits per heavy atom. The van der Waals surface area contributed by atoms with Crippen molar-refractivity contribution < 1.29 is 23.5 Å². The zero-order valence-electron chi connectivity index (χ0n) is 18.6. The molecule has 0 saturated heterocycles. The molecule has 32 heavy (non-hydrogen) atoms. The predicted molar refractivity (Wildman–Crippen MR) is 121 cm³/mol. The molecule has 0 N–H and O–H groups in total. The van der Waals surface area contributed by atoms with Crippen LogP contribution in [0, 0.1) is 5.82 Å². The summed E-state index contributed by atoms with van der Waals surface area (Å²) in [5, 5.41) is 4.22. The number of aromatic nitrogens is 3. The Balaban J connectivity index is 2.05. The molecule has 0 radical (unpaired) electrons. The van der Waals surface area contributed by atoms with Gasteiger partial charge in [-0.25, -0.2) is 18.5 Å². The number of anilines is 1. The summed E-state index contributed by atoms with van der Waals surface area (Å²) in [5.41, 5.74) is -0.503. The highest BCUT2D eigenvalue weighted by Crippen LogP contribution is 2.29. The first-order valence-electron chi connectivity index (χ1n) is 9.82. The number of pyridine rings is 1. The normalized spacial score (nSPS) is 12.0. The number of imide groups is 1. The molecule has 0 aliphatic carbocycles. The second-order valence-corrected chi connectivity index (χ2v) is 9.88. The van der Waals surface area contributed by atoms with E-state index in [1.165, 1.54) is 4.52 Å². The quantitative estimate of drug-likeness (QED) is 0.425. The fourth-order valence-electron chi connectivity index (χ4n) is 2.71. The van der Waals surface area contributed by atoms with Crippen molar-refractivity contribution in [3.63, 3.8) is 0 Å². The molecule has 0 bridgehead atoms. The summed E-state index contributed by atoms with van der Waals surface area (Å²) >= 11 is 3.18. The Morgan fingerprint density at radius 1 is 1.03 bits per heavy atom. The minimum absolute atomic E-state index is 0.222. The number of carbonyl (C=O) groups is 2. The molecule has 0 spiro atoms. The predicted octanol–water partition coefficient (Wildman–Crippen LogP) is 5.97. The molecule has 0 aliphatic heterocycles. The van der Waals surface area contributed by atoms with E-state index in [1.807, 2.05) is 0 Å². The molecule has 170 valence electrons. The molecule has 10 heteroatoms. The molecule has 8 nitrogen and oxygen atoms in total. The SMILES string of the molecule is CC(C)(C)OC(=O)N(C(=O)OC(C)(C)C)c1nc2cc(-c3cccc(Br)c3F)ccn2n1. The molecule has 0 unspecified atom stereocenters. The number of ether oxygens (including phenoxy) is 2. The highest BCUT2D eigenvalue weighted by molar-refractivity contribution is 9.10. The summed E-state index contributed by atoms with van der Waals surface area (Å²) in [7, 11) is 0. The largest absolute Gasteiger partial charge is 0.443 e. The van der Waals surface area contributed by atoms with Crippen molar-refractivity contribution in [2.75, 3.05) is 4.90 Å². The second-order valence-electron chi connectivity index (χ2n) is 9.03. The molecule has 2 heterocycles. The summed E-state index contributed by atoms with van der Waals surface area (Å²) in [6.07, 6.45) is -0.383. The van der Waals surface area contributed by atoms with Crippen LogP contribution < -0.4 is 4.90 Å². The van der Waals surface area contributed by atoms with Crippen molar-refractivity contribution in [1.82, 2.24) is 14.6 Å². The van der Waals surface area contributed by atoms with Gasteiger partial charge in [0.25, 0.3) is 5.95 Å². The third kappa shape index (κ3) is 5.42. The van der Waals surface area contributed by atoms with Crippen molar-refractivity contribution in [2.45, 2.75) is 52.7 Å². The van der Waals surface area contributed by atoms with Gasteiger partial charge in [-0.1, -0.05) is 12.1 Å². The van der Waals surface area contributed by atoms with E-state index < -0.39 is 29.2 Å². The number of benzene rings is 1. The van der Waals surface area contributed by atoms with Crippen LogP contribution in [0.15, 0.2) is 41.0 Å². The molecule has 0 fully saturated rings. The summed E-state index contributed by atoms with van der Waals surface area (Å²) in [6, 6.07) is 8.21. The van der Waals surface area contributed by atoms with Gasteiger partial charge >= 0.3 is 12.2 Å². The maximum atomic E-state index is 14.5. The van der Waals surface area contributed by atoms with E-state index in [0.29, 0.717) is 26.1 Å². The average molecular weight is 507 g/mol. The van der Waals surface area contributed by atoms with Gasteiger partial charge in [-0.3, -0.25) is 0 Å². The van der Waals surface area contributed by atoms with E-state index >= 15 is 0 Å². The van der Waals surface area contributed by atoms with Gasteiger partial charge in [0, 0.05) is 11.8 Å². The maximum absolute atomic E-state index is 14.5. The standard InChI is InChI=1S/C22H24BrFN4O4/c1-21(2,3)31-19(29)28(20(30)32-22(4,5)6)18-25-16-12-13(10-11-27(16)26-18)14-8-7-9-15(23)17(14)24/h7-12H,1-6H3. The highest BCUT2D eigenvalue weighted by atomic mass is 79.9. The Labute approximate surface area is 193 Å². The molecule has 0 atom stereocenters. The van der Waals surface area contributed by atoms with Gasteiger partial charge < -0.3 is 9.47 Å². The van der Waals surface area contributed by atoms with Gasteiger partial charge in [0.1, 0.15) is 17.0 Å². The number of hydrogen-bond donors (Lipinski definition) is 0. The van der Waals surface area contributed by atoms with E-state index in [9.17, 15) is 14.0 Å². The fraction of sp³-hybridized carbons (Fsp3) is 0.364. The first-order valence-corrected chi connectivity index (χ1v) is 10.6. The van der Waals surface area contributed by atoms with Crippen LogP contribution in [0.1, 0.15) is 41.5 Å². The van der Waals surface area contributed by atoms with Gasteiger partial charge in [0.15, 0.2) is 5.65 Å². The Bertz CT molecular complexity index is 1150. The molecule has 3 aromatic rings. The van der Waals surface area contributed by atoms with E-state index in [0.717, 1.165) is 0 Å². The zero-order valence-corrected chi connectivity index (χ0v) is 20.2. The minimum atomic E-state index is -0.971. The number of carbonyl (C=O) groups excluding carboxylic acids is 2. The first kappa shape index (κ1) is 23.6. The number of fused-ring (bicyclic) bond motifs is 1. The summed E-state index contributed by atoms with van der Waals surface area (Å²) in [4.78, 5) is 30.5. The Kier molecular flexibility index (Phi) is 6.28. The smallest absolute Gasteiger partial charge is 0.427 e. The minimum Gasteiger partial charge on any atom is -0.443 e. The fourth-order valence-corrected chi connectivity index (χ4v) is 3.08. The van der Waals surface area contributed by atoms with Crippen LogP contribution in [0.25, 0.3) is 16.8 Å². The zero-order chi connectivity index (χ0) is 23.8. The third-order valence-electron chi connectivity index (χ3n) is 3.94. The van der Waals surface area contributed by atoms with Gasteiger partial charge in [0.2, 0.25) is 0 Å². The van der Waals surface area contributed by atoms with Crippen LogP contribution in [-0.2, 0) is 9.47 Å². The van der Waals surface area contributed by atoms with Crippen molar-refractivity contribution in [1.29, 1.82) is 0 Å². The second kappa shape index (κ2) is 8.50. The van der Waals surface area contributed by atoms with E-state index in [4.69, 9.17) is 9.47 Å². The first-order chi connectivity index (χ1) is 14.7. The monoisotopic (exact) mass is 506 g/mol.